The number of nitro groups is 1. The fourth-order valence-electron chi connectivity index (χ4n) is 1.29. The van der Waals surface area contributed by atoms with Crippen molar-refractivity contribution in [3.8, 4) is 0 Å². The number of aromatic nitrogens is 3. The molecule has 0 atom stereocenters. The largest absolute Gasteiger partial charge is 0.269 e. The molecule has 1 aromatic heterocycles. The quantitative estimate of drug-likeness (QED) is 0.636. The Morgan fingerprint density at radius 1 is 1.29 bits per heavy atom. The van der Waals surface area contributed by atoms with Crippen molar-refractivity contribution < 1.29 is 4.92 Å². The van der Waals surface area contributed by atoms with Gasteiger partial charge in [-0.2, -0.15) is 4.98 Å². The lowest BCUT2D eigenvalue weighted by Crippen LogP contribution is -2.02. The number of hydrogen-bond acceptors (Lipinski definition) is 4. The number of rotatable bonds is 3. The van der Waals surface area contributed by atoms with Crippen LogP contribution in [0.2, 0.25) is 10.6 Å². The molecule has 2 rings (SSSR count). The van der Waals surface area contributed by atoms with Crippen LogP contribution in [0.1, 0.15) is 5.56 Å². The van der Waals surface area contributed by atoms with E-state index in [-0.39, 0.29) is 16.3 Å². The van der Waals surface area contributed by atoms with Crippen LogP contribution in [0.3, 0.4) is 0 Å². The van der Waals surface area contributed by atoms with Gasteiger partial charge in [0.05, 0.1) is 11.5 Å². The Bertz CT molecular complexity index is 553. The van der Waals surface area contributed by atoms with Crippen molar-refractivity contribution in [3.63, 3.8) is 0 Å². The smallest absolute Gasteiger partial charge is 0.258 e. The lowest BCUT2D eigenvalue weighted by atomic mass is 10.2. The van der Waals surface area contributed by atoms with Crippen molar-refractivity contribution in [2.45, 2.75) is 6.54 Å². The highest BCUT2D eigenvalue weighted by molar-refractivity contribution is 6.31. The van der Waals surface area contributed by atoms with Gasteiger partial charge in [-0.25, -0.2) is 4.68 Å². The zero-order chi connectivity index (χ0) is 12.4. The lowest BCUT2D eigenvalue weighted by molar-refractivity contribution is -0.384. The second-order valence-corrected chi connectivity index (χ2v) is 3.91. The van der Waals surface area contributed by atoms with E-state index in [4.69, 9.17) is 23.2 Å². The molecular weight excluding hydrogens is 267 g/mol. The summed E-state index contributed by atoms with van der Waals surface area (Å²) in [6.45, 7) is 0.358. The Balaban J connectivity index is 2.19. The third-order valence-electron chi connectivity index (χ3n) is 2.08. The standard InChI is InChI=1S/C9H6Cl2N4O2/c10-8-12-9(11)14(13-8)5-6-1-3-7(4-2-6)15(16)17/h1-4H,5H2. The third kappa shape index (κ3) is 2.72. The summed E-state index contributed by atoms with van der Waals surface area (Å²) in [5.41, 5.74) is 0.857. The second-order valence-electron chi connectivity index (χ2n) is 3.23. The topological polar surface area (TPSA) is 73.8 Å². The summed E-state index contributed by atoms with van der Waals surface area (Å²) in [5.74, 6) is 0. The van der Waals surface area contributed by atoms with E-state index < -0.39 is 4.92 Å². The van der Waals surface area contributed by atoms with Gasteiger partial charge in [0.1, 0.15) is 0 Å². The van der Waals surface area contributed by atoms with E-state index in [9.17, 15) is 10.1 Å². The summed E-state index contributed by atoms with van der Waals surface area (Å²) < 4.78 is 1.41. The van der Waals surface area contributed by atoms with E-state index in [1.807, 2.05) is 0 Å². The molecule has 0 radical (unpaired) electrons. The molecule has 8 heteroatoms. The van der Waals surface area contributed by atoms with Crippen LogP contribution in [-0.2, 0) is 6.54 Å². The molecule has 1 aromatic carbocycles. The minimum Gasteiger partial charge on any atom is -0.258 e. The molecule has 0 amide bonds. The van der Waals surface area contributed by atoms with Crippen LogP contribution in [0.25, 0.3) is 0 Å². The SMILES string of the molecule is O=[N+]([O-])c1ccc(Cn2nc(Cl)nc2Cl)cc1. The number of nitrogens with zero attached hydrogens (tertiary/aromatic N) is 4. The molecule has 0 fully saturated rings. The van der Waals surface area contributed by atoms with E-state index in [1.165, 1.54) is 16.8 Å². The molecule has 0 spiro atoms. The maximum absolute atomic E-state index is 10.5. The number of benzene rings is 1. The van der Waals surface area contributed by atoms with Crippen LogP contribution in [0.5, 0.6) is 0 Å². The highest BCUT2D eigenvalue weighted by Crippen LogP contribution is 2.15. The maximum atomic E-state index is 10.5. The van der Waals surface area contributed by atoms with Crippen LogP contribution in [0.4, 0.5) is 5.69 Å². The fraction of sp³-hybridized carbons (Fsp3) is 0.111. The Morgan fingerprint density at radius 3 is 2.41 bits per heavy atom. The average Bonchev–Trinajstić information content (AvgIpc) is 2.58. The van der Waals surface area contributed by atoms with Crippen molar-refractivity contribution in [1.82, 2.24) is 14.8 Å². The molecule has 0 saturated carbocycles. The molecule has 0 unspecified atom stereocenters. The van der Waals surface area contributed by atoms with Crippen molar-refractivity contribution in [1.29, 1.82) is 0 Å². The van der Waals surface area contributed by atoms with Gasteiger partial charge in [0.15, 0.2) is 0 Å². The maximum Gasteiger partial charge on any atom is 0.269 e. The van der Waals surface area contributed by atoms with Gasteiger partial charge in [-0.3, -0.25) is 10.1 Å². The highest BCUT2D eigenvalue weighted by atomic mass is 35.5. The minimum absolute atomic E-state index is 0.0384. The number of halogens is 2. The monoisotopic (exact) mass is 272 g/mol. The minimum atomic E-state index is -0.455. The normalized spacial score (nSPS) is 10.5. The van der Waals surface area contributed by atoms with Crippen LogP contribution in [0, 0.1) is 10.1 Å². The molecule has 0 saturated heterocycles. The summed E-state index contributed by atoms with van der Waals surface area (Å²) >= 11 is 11.4. The summed E-state index contributed by atoms with van der Waals surface area (Å²) in [7, 11) is 0. The van der Waals surface area contributed by atoms with E-state index >= 15 is 0 Å². The molecule has 0 aliphatic heterocycles. The Morgan fingerprint density at radius 2 is 1.94 bits per heavy atom. The lowest BCUT2D eigenvalue weighted by Gasteiger charge is -2.01. The molecule has 6 nitrogen and oxygen atoms in total. The van der Waals surface area contributed by atoms with Crippen molar-refractivity contribution in [2.24, 2.45) is 0 Å². The summed E-state index contributed by atoms with van der Waals surface area (Å²) in [4.78, 5) is 13.7. The fourth-order valence-corrected chi connectivity index (χ4v) is 1.69. The van der Waals surface area contributed by atoms with Gasteiger partial charge >= 0.3 is 0 Å². The van der Waals surface area contributed by atoms with Gasteiger partial charge in [0.25, 0.3) is 5.69 Å². The van der Waals surface area contributed by atoms with E-state index in [2.05, 4.69) is 10.1 Å². The van der Waals surface area contributed by atoms with E-state index in [0.29, 0.717) is 6.54 Å². The number of nitro benzene ring substituents is 1. The third-order valence-corrected chi connectivity index (χ3v) is 2.52. The molecule has 1 heterocycles. The predicted octanol–water partition coefficient (Wildman–Crippen LogP) is 2.54. The van der Waals surface area contributed by atoms with E-state index in [0.717, 1.165) is 5.56 Å². The summed E-state index contributed by atoms with van der Waals surface area (Å²) in [6, 6.07) is 6.09. The molecule has 0 aliphatic carbocycles. The zero-order valence-corrected chi connectivity index (χ0v) is 9.89. The van der Waals surface area contributed by atoms with Gasteiger partial charge in [-0.05, 0) is 28.8 Å². The Labute approximate surface area is 106 Å². The van der Waals surface area contributed by atoms with Crippen LogP contribution in [-0.4, -0.2) is 19.7 Å². The molecule has 0 N–H and O–H groups in total. The number of non-ortho nitro benzene ring substituents is 1. The van der Waals surface area contributed by atoms with Crippen molar-refractivity contribution in [3.05, 3.63) is 50.5 Å². The number of hydrogen-bond donors (Lipinski definition) is 0. The summed E-state index contributed by atoms with van der Waals surface area (Å²) in [6.07, 6.45) is 0. The van der Waals surface area contributed by atoms with E-state index in [1.54, 1.807) is 12.1 Å². The van der Waals surface area contributed by atoms with Crippen LogP contribution >= 0.6 is 23.2 Å². The average molecular weight is 273 g/mol. The second kappa shape index (κ2) is 4.68. The van der Waals surface area contributed by atoms with Crippen LogP contribution in [0.15, 0.2) is 24.3 Å². The molecule has 88 valence electrons. The van der Waals surface area contributed by atoms with Gasteiger partial charge < -0.3 is 0 Å². The molecular formula is C9H6Cl2N4O2. The molecule has 2 aromatic rings. The Kier molecular flexibility index (Phi) is 3.26. The molecule has 17 heavy (non-hydrogen) atoms. The van der Waals surface area contributed by atoms with Crippen molar-refractivity contribution >= 4 is 28.9 Å². The zero-order valence-electron chi connectivity index (χ0n) is 8.38. The van der Waals surface area contributed by atoms with Gasteiger partial charge in [-0.15, -0.1) is 5.10 Å². The van der Waals surface area contributed by atoms with Crippen LogP contribution < -0.4 is 0 Å². The first-order valence-corrected chi connectivity index (χ1v) is 5.31. The van der Waals surface area contributed by atoms with Crippen molar-refractivity contribution in [2.75, 3.05) is 0 Å². The van der Waals surface area contributed by atoms with Gasteiger partial charge in [0, 0.05) is 12.1 Å². The highest BCUT2D eigenvalue weighted by Gasteiger charge is 2.08. The first-order valence-electron chi connectivity index (χ1n) is 4.55. The Hall–Kier alpha value is -1.66. The first kappa shape index (κ1) is 11.8. The molecule has 0 aliphatic rings. The summed E-state index contributed by atoms with van der Waals surface area (Å²) in [5, 5.41) is 14.6. The van der Waals surface area contributed by atoms with Gasteiger partial charge in [0.2, 0.25) is 10.6 Å². The molecule has 0 bridgehead atoms. The first-order chi connectivity index (χ1) is 8.06. The van der Waals surface area contributed by atoms with Gasteiger partial charge in [-0.1, -0.05) is 12.1 Å². The predicted molar refractivity (Wildman–Crippen MR) is 62.2 cm³/mol.